The zero-order valence-corrected chi connectivity index (χ0v) is 18.8. The van der Waals surface area contributed by atoms with Crippen molar-refractivity contribution in [1.82, 2.24) is 4.90 Å². The maximum absolute atomic E-state index is 12.5. The van der Waals surface area contributed by atoms with Gasteiger partial charge in [0.25, 0.3) is 5.91 Å². The van der Waals surface area contributed by atoms with Gasteiger partial charge in [0.15, 0.2) is 23.9 Å². The number of nitrogens with zero attached hydrogens (tertiary/aromatic N) is 1. The monoisotopic (exact) mass is 473 g/mol. The lowest BCUT2D eigenvalue weighted by Crippen LogP contribution is -2.27. The van der Waals surface area contributed by atoms with Gasteiger partial charge >= 0.3 is 0 Å². The van der Waals surface area contributed by atoms with Gasteiger partial charge in [0.05, 0.1) is 11.6 Å². The molecule has 0 atom stereocenters. The Morgan fingerprint density at radius 3 is 2.43 bits per heavy atom. The first-order chi connectivity index (χ1) is 14.3. The van der Waals surface area contributed by atoms with Crippen LogP contribution in [0.25, 0.3) is 6.08 Å². The second-order valence-corrected chi connectivity index (χ2v) is 7.29. The van der Waals surface area contributed by atoms with E-state index in [0.717, 1.165) is 5.56 Å². The minimum Gasteiger partial charge on any atom is -0.493 e. The van der Waals surface area contributed by atoms with Crippen LogP contribution in [0.1, 0.15) is 15.9 Å². The molecule has 0 saturated carbocycles. The number of methoxy groups -OCH3 is 1. The van der Waals surface area contributed by atoms with Crippen LogP contribution in [0.2, 0.25) is 0 Å². The highest BCUT2D eigenvalue weighted by atomic mass is 79.9. The van der Waals surface area contributed by atoms with Crippen LogP contribution in [-0.4, -0.2) is 51.0 Å². The highest BCUT2D eigenvalue weighted by molar-refractivity contribution is 9.10. The summed E-state index contributed by atoms with van der Waals surface area (Å²) in [4.78, 5) is 25.5. The Hall–Kier alpha value is -3.06. The van der Waals surface area contributed by atoms with Crippen LogP contribution < -0.4 is 14.2 Å². The maximum atomic E-state index is 12.5. The molecule has 0 fully saturated rings. The first-order valence-electron chi connectivity index (χ1n) is 9.12. The van der Waals surface area contributed by atoms with E-state index in [4.69, 9.17) is 14.2 Å². The molecule has 0 N–H and O–H groups in total. The number of ketones is 1. The molecular formula is C23H24BrNO5. The lowest BCUT2D eigenvalue weighted by Gasteiger charge is -2.12. The molecule has 2 rings (SSSR count). The molecule has 0 saturated heterocycles. The third kappa shape index (κ3) is 6.49. The molecule has 1 amide bonds. The van der Waals surface area contributed by atoms with E-state index in [9.17, 15) is 9.59 Å². The number of carbonyl (C=O) groups excluding carboxylic acids is 2. The van der Waals surface area contributed by atoms with Crippen LogP contribution >= 0.6 is 15.9 Å². The van der Waals surface area contributed by atoms with E-state index in [1.54, 1.807) is 63.7 Å². The van der Waals surface area contributed by atoms with Crippen molar-refractivity contribution in [3.8, 4) is 17.2 Å². The van der Waals surface area contributed by atoms with Crippen LogP contribution in [0.15, 0.2) is 59.6 Å². The summed E-state index contributed by atoms with van der Waals surface area (Å²) in [5.41, 5.74) is 1.29. The topological polar surface area (TPSA) is 65.1 Å². The van der Waals surface area contributed by atoms with Crippen molar-refractivity contribution in [2.75, 3.05) is 34.4 Å². The second-order valence-electron chi connectivity index (χ2n) is 6.43. The van der Waals surface area contributed by atoms with E-state index in [1.807, 2.05) is 6.07 Å². The summed E-state index contributed by atoms with van der Waals surface area (Å²) in [6.07, 6.45) is 4.83. The number of hydrogen-bond acceptors (Lipinski definition) is 5. The zero-order chi connectivity index (χ0) is 22.1. The number of allylic oxidation sites excluding steroid dienone is 1. The number of carbonyl (C=O) groups is 2. The lowest BCUT2D eigenvalue weighted by atomic mass is 10.1. The highest BCUT2D eigenvalue weighted by Gasteiger charge is 2.11. The standard InChI is InChI=1S/C23H24BrNO5/c1-5-12-29-23-19(24)13-16(14-21(23)28-4)6-11-20(26)17-7-9-18(10-8-17)30-15-22(27)25(2)3/h5-11,13-14H,1,12,15H2,2-4H3/b11-6+. The molecule has 0 unspecified atom stereocenters. The SMILES string of the molecule is C=CCOc1c(Br)cc(/C=C/C(=O)c2ccc(OCC(=O)N(C)C)cc2)cc1OC. The number of amides is 1. The molecule has 0 aliphatic heterocycles. The average Bonchev–Trinajstić information content (AvgIpc) is 2.74. The molecule has 30 heavy (non-hydrogen) atoms. The van der Waals surface area contributed by atoms with Crippen molar-refractivity contribution in [3.63, 3.8) is 0 Å². The van der Waals surface area contributed by atoms with Gasteiger partial charge in [-0.25, -0.2) is 0 Å². The van der Waals surface area contributed by atoms with Gasteiger partial charge in [-0.15, -0.1) is 0 Å². The molecule has 2 aromatic rings. The fraction of sp³-hybridized carbons (Fsp3) is 0.217. The Morgan fingerprint density at radius 1 is 1.13 bits per heavy atom. The van der Waals surface area contributed by atoms with Crippen molar-refractivity contribution in [2.45, 2.75) is 0 Å². The summed E-state index contributed by atoms with van der Waals surface area (Å²) in [7, 11) is 4.88. The largest absolute Gasteiger partial charge is 0.493 e. The quantitative estimate of drug-likeness (QED) is 0.291. The number of benzene rings is 2. The van der Waals surface area contributed by atoms with Gasteiger partial charge < -0.3 is 19.1 Å². The Morgan fingerprint density at radius 2 is 1.83 bits per heavy atom. The number of likely N-dealkylation sites (N-methyl/N-ethyl adjacent to an activating group) is 1. The Labute approximate surface area is 184 Å². The Bertz CT molecular complexity index is 935. The van der Waals surface area contributed by atoms with Crippen molar-refractivity contribution < 1.29 is 23.8 Å². The minimum atomic E-state index is -0.159. The predicted molar refractivity (Wildman–Crippen MR) is 120 cm³/mol. The average molecular weight is 474 g/mol. The molecule has 2 aromatic carbocycles. The Kier molecular flexibility index (Phi) is 8.68. The van der Waals surface area contributed by atoms with Crippen LogP contribution in [0.5, 0.6) is 17.2 Å². The van der Waals surface area contributed by atoms with E-state index in [0.29, 0.717) is 33.9 Å². The van der Waals surface area contributed by atoms with Gasteiger partial charge in [-0.2, -0.15) is 0 Å². The van der Waals surface area contributed by atoms with Gasteiger partial charge in [0, 0.05) is 19.7 Å². The van der Waals surface area contributed by atoms with Crippen molar-refractivity contribution in [3.05, 3.63) is 70.7 Å². The smallest absolute Gasteiger partial charge is 0.259 e. The van der Waals surface area contributed by atoms with Crippen molar-refractivity contribution in [2.24, 2.45) is 0 Å². The normalized spacial score (nSPS) is 10.5. The zero-order valence-electron chi connectivity index (χ0n) is 17.2. The van der Waals surface area contributed by atoms with Crippen LogP contribution in [0.3, 0.4) is 0 Å². The molecule has 0 aromatic heterocycles. The summed E-state index contributed by atoms with van der Waals surface area (Å²) >= 11 is 3.46. The fourth-order valence-electron chi connectivity index (χ4n) is 2.38. The summed E-state index contributed by atoms with van der Waals surface area (Å²) < 4.78 is 17.1. The summed E-state index contributed by atoms with van der Waals surface area (Å²) in [6.45, 7) is 3.93. The maximum Gasteiger partial charge on any atom is 0.259 e. The molecule has 0 spiro atoms. The van der Waals surface area contributed by atoms with E-state index >= 15 is 0 Å². The molecule has 6 nitrogen and oxygen atoms in total. The molecule has 7 heteroatoms. The molecule has 0 aliphatic carbocycles. The van der Waals surface area contributed by atoms with E-state index in [1.165, 1.54) is 11.0 Å². The number of hydrogen-bond donors (Lipinski definition) is 0. The first kappa shape index (κ1) is 23.2. The summed E-state index contributed by atoms with van der Waals surface area (Å²) in [5.74, 6) is 1.35. The lowest BCUT2D eigenvalue weighted by molar-refractivity contribution is -0.130. The predicted octanol–water partition coefficient (Wildman–Crippen LogP) is 4.39. The fourth-order valence-corrected chi connectivity index (χ4v) is 2.95. The van der Waals surface area contributed by atoms with Crippen LogP contribution in [-0.2, 0) is 4.79 Å². The van der Waals surface area contributed by atoms with Gasteiger partial charge in [0.2, 0.25) is 0 Å². The Balaban J connectivity index is 2.07. The number of halogens is 1. The minimum absolute atomic E-state index is 0.0522. The number of rotatable bonds is 10. The summed E-state index contributed by atoms with van der Waals surface area (Å²) in [5, 5.41) is 0. The molecule has 0 bridgehead atoms. The second kappa shape index (κ2) is 11.2. The molecule has 0 aliphatic rings. The van der Waals surface area contributed by atoms with Gasteiger partial charge in [-0.1, -0.05) is 18.7 Å². The third-order valence-electron chi connectivity index (χ3n) is 4.02. The van der Waals surface area contributed by atoms with E-state index in [-0.39, 0.29) is 18.3 Å². The van der Waals surface area contributed by atoms with Gasteiger partial charge in [-0.3, -0.25) is 9.59 Å². The van der Waals surface area contributed by atoms with Crippen molar-refractivity contribution in [1.29, 1.82) is 0 Å². The molecule has 0 radical (unpaired) electrons. The van der Waals surface area contributed by atoms with Crippen LogP contribution in [0.4, 0.5) is 0 Å². The van der Waals surface area contributed by atoms with Crippen molar-refractivity contribution >= 4 is 33.7 Å². The first-order valence-corrected chi connectivity index (χ1v) is 9.91. The van der Waals surface area contributed by atoms with E-state index in [2.05, 4.69) is 22.5 Å². The molecular weight excluding hydrogens is 450 g/mol. The highest BCUT2D eigenvalue weighted by Crippen LogP contribution is 2.37. The van der Waals surface area contributed by atoms with E-state index < -0.39 is 0 Å². The van der Waals surface area contributed by atoms with Gasteiger partial charge in [-0.05, 0) is 64.0 Å². The molecule has 0 heterocycles. The number of ether oxygens (including phenoxy) is 3. The van der Waals surface area contributed by atoms with Gasteiger partial charge in [0.1, 0.15) is 12.4 Å². The van der Waals surface area contributed by atoms with Crippen LogP contribution in [0, 0.1) is 0 Å². The molecule has 158 valence electrons. The third-order valence-corrected chi connectivity index (χ3v) is 4.61. The summed E-state index contributed by atoms with van der Waals surface area (Å²) in [6, 6.07) is 10.3.